The summed E-state index contributed by atoms with van der Waals surface area (Å²) in [6.45, 7) is 2.40. The van der Waals surface area contributed by atoms with Crippen molar-refractivity contribution in [2.24, 2.45) is 0 Å². The van der Waals surface area contributed by atoms with Crippen LogP contribution in [0.15, 0.2) is 170 Å². The number of phosphoric acid groups is 2. The Balaban J connectivity index is 4.52. The Kier molecular flexibility index (Phi) is 82.4. The molecule has 0 heterocycles. The lowest BCUT2D eigenvalue weighted by Gasteiger charge is -2.21. The number of unbranched alkanes of at least 4 members (excludes halogenated alkanes) is 32. The van der Waals surface area contributed by atoms with Crippen LogP contribution in [0.3, 0.4) is 0 Å². The van der Waals surface area contributed by atoms with E-state index in [-0.39, 0.29) is 19.3 Å². The largest absolute Gasteiger partial charge is 0.472 e. The molecular formula is C95H160O16P2. The summed E-state index contributed by atoms with van der Waals surface area (Å²) in [5.74, 6) is -1.62. The molecule has 0 amide bonds. The second-order valence-electron chi connectivity index (χ2n) is 29.3. The highest BCUT2D eigenvalue weighted by atomic mass is 31.2. The number of hydrogen-bond acceptors (Lipinski definition) is 14. The van der Waals surface area contributed by atoms with Crippen LogP contribution >= 0.6 is 15.6 Å². The number of esters is 3. The molecule has 18 heteroatoms. The number of allylic oxidation sites excluding steroid dienone is 28. The molecule has 0 rings (SSSR count). The van der Waals surface area contributed by atoms with Crippen LogP contribution in [0, 0.1) is 0 Å². The molecule has 0 aromatic heterocycles. The molecule has 0 fully saturated rings. The fraction of sp³-hybridized carbons (Fsp3) is 0.674. The van der Waals surface area contributed by atoms with Gasteiger partial charge in [-0.05, 0) is 154 Å². The molecule has 16 nitrogen and oxygen atoms in total. The number of aliphatic hydroxyl groups excluding tert-OH is 2. The van der Waals surface area contributed by atoms with E-state index >= 15 is 0 Å². The van der Waals surface area contributed by atoms with Gasteiger partial charge in [0.15, 0.2) is 6.10 Å². The van der Waals surface area contributed by atoms with Crippen molar-refractivity contribution in [1.29, 1.82) is 0 Å². The highest BCUT2D eigenvalue weighted by Gasteiger charge is 2.29. The van der Waals surface area contributed by atoms with Gasteiger partial charge in [-0.25, -0.2) is 9.13 Å². The SMILES string of the molecule is CC/C=C\C/C=C\C/C=C\C/C=C\C/C=C\C/C=C\CCCCCCC(=O)OCC(COP(=O)(O)OCC(O)COP(=O)(O)OCC(O)COC(=O)CCCCCCCCCCCCCCCCCCCCC/C=C\C/C=C\C/C=C\C/C=C\CCCCC)OC(=O)CCCCCCCC/C=C\C/C=C\C/C=C\C/C=C\CC. The maximum atomic E-state index is 13.0. The fourth-order valence-electron chi connectivity index (χ4n) is 11.7. The van der Waals surface area contributed by atoms with Crippen LogP contribution in [0.4, 0.5) is 0 Å². The molecule has 0 aliphatic heterocycles. The van der Waals surface area contributed by atoms with Crippen molar-refractivity contribution in [1.82, 2.24) is 0 Å². The Labute approximate surface area is 688 Å². The van der Waals surface area contributed by atoms with Crippen LogP contribution in [-0.4, -0.2) is 95.9 Å². The van der Waals surface area contributed by atoms with Gasteiger partial charge in [-0.15, -0.1) is 0 Å². The van der Waals surface area contributed by atoms with Crippen molar-refractivity contribution in [3.05, 3.63) is 170 Å². The van der Waals surface area contributed by atoms with Crippen LogP contribution in [0.5, 0.6) is 0 Å². The number of rotatable bonds is 83. The first-order chi connectivity index (χ1) is 55.2. The minimum absolute atomic E-state index is 0.0766. The van der Waals surface area contributed by atoms with Crippen LogP contribution in [0.1, 0.15) is 355 Å². The summed E-state index contributed by atoms with van der Waals surface area (Å²) < 4.78 is 61.3. The summed E-state index contributed by atoms with van der Waals surface area (Å²) in [6.07, 6.45) is 111. The fourth-order valence-corrected chi connectivity index (χ4v) is 13.3. The van der Waals surface area contributed by atoms with E-state index in [1.165, 1.54) is 128 Å². The topological polar surface area (TPSA) is 231 Å². The lowest BCUT2D eigenvalue weighted by molar-refractivity contribution is -0.161. The molecule has 0 aromatic rings. The van der Waals surface area contributed by atoms with E-state index in [0.29, 0.717) is 19.3 Å². The molecule has 0 aromatic carbocycles. The Morgan fingerprint density at radius 3 is 0.743 bits per heavy atom. The zero-order valence-corrected chi connectivity index (χ0v) is 72.8. The van der Waals surface area contributed by atoms with Gasteiger partial charge in [0.1, 0.15) is 25.4 Å². The van der Waals surface area contributed by atoms with Crippen molar-refractivity contribution in [2.45, 2.75) is 373 Å². The summed E-state index contributed by atoms with van der Waals surface area (Å²) in [4.78, 5) is 58.9. The molecule has 113 heavy (non-hydrogen) atoms. The van der Waals surface area contributed by atoms with Gasteiger partial charge in [0, 0.05) is 19.3 Å². The van der Waals surface area contributed by atoms with E-state index in [4.69, 9.17) is 32.3 Å². The second kappa shape index (κ2) is 86.3. The zero-order valence-electron chi connectivity index (χ0n) is 71.0. The summed E-state index contributed by atoms with van der Waals surface area (Å²) in [5, 5.41) is 20.7. The minimum Gasteiger partial charge on any atom is -0.463 e. The summed E-state index contributed by atoms with van der Waals surface area (Å²) in [7, 11) is -9.82. The lowest BCUT2D eigenvalue weighted by atomic mass is 10.0. The number of hydrogen-bond donors (Lipinski definition) is 4. The van der Waals surface area contributed by atoms with E-state index in [9.17, 15) is 43.5 Å². The third kappa shape index (κ3) is 87.6. The number of ether oxygens (including phenoxy) is 3. The third-order valence-corrected chi connectivity index (χ3v) is 20.3. The van der Waals surface area contributed by atoms with Gasteiger partial charge < -0.3 is 34.2 Å². The third-order valence-electron chi connectivity index (χ3n) is 18.4. The lowest BCUT2D eigenvalue weighted by Crippen LogP contribution is -2.30. The Hall–Kier alpha value is -5.09. The second-order valence-corrected chi connectivity index (χ2v) is 32.2. The molecule has 0 radical (unpaired) electrons. The predicted octanol–water partition coefficient (Wildman–Crippen LogP) is 27.1. The van der Waals surface area contributed by atoms with Gasteiger partial charge in [-0.3, -0.25) is 32.5 Å². The standard InChI is InChI=1S/C95H160O16P2/c1-4-7-10-13-16-19-22-25-28-31-34-36-38-39-40-41-42-43-44-45-46-47-48-49-51-53-55-57-60-63-66-69-72-75-78-81-93(98)105-84-90(96)85-107-112(101,102)108-86-91(97)87-109-113(103,104)110-89-92(111-95(100)83-80-77-74-71-68-65-62-59-54-33-30-27-24-21-18-15-12-9-6-3)88-106-94(99)82-79-76-73-70-67-64-61-58-56-52-50-37-35-32-29-26-23-20-17-14-11-8-5-2/h8-9,11-12,16-21,25-30,34-37,39-40,52,54,56,59,61,64,90-92,96-97H,4-7,10,13-15,22-24,31-33,38,41-51,53,55,57-58,60,62-63,65-89H2,1-3H3,(H,101,102)(H,103,104)/b11-8-,12-9-,19-16-,20-17-,21-18-,28-25-,29-26-,30-27-,36-34-,37-35-,40-39-,56-52-,59-54-,64-61-. The molecular weight excluding hydrogens is 1460 g/mol. The highest BCUT2D eigenvalue weighted by Crippen LogP contribution is 2.45. The predicted molar refractivity (Wildman–Crippen MR) is 472 cm³/mol. The molecule has 4 N–H and O–H groups in total. The van der Waals surface area contributed by atoms with Gasteiger partial charge in [-0.2, -0.15) is 0 Å². The number of carbonyl (C=O) groups is 3. The van der Waals surface area contributed by atoms with Gasteiger partial charge in [0.25, 0.3) is 0 Å². The van der Waals surface area contributed by atoms with Crippen molar-refractivity contribution in [3.63, 3.8) is 0 Å². The minimum atomic E-state index is -4.95. The van der Waals surface area contributed by atoms with E-state index < -0.39 is 91.5 Å². The average Bonchev–Trinajstić information content (AvgIpc) is 0.902. The number of phosphoric ester groups is 2. The summed E-state index contributed by atoms with van der Waals surface area (Å²) in [6, 6.07) is 0. The molecule has 0 aliphatic carbocycles. The van der Waals surface area contributed by atoms with Crippen LogP contribution in [0.2, 0.25) is 0 Å². The van der Waals surface area contributed by atoms with Gasteiger partial charge in [-0.1, -0.05) is 351 Å². The Morgan fingerprint density at radius 1 is 0.257 bits per heavy atom. The number of carbonyl (C=O) groups excluding carboxylic acids is 3. The number of aliphatic hydroxyl groups is 2. The van der Waals surface area contributed by atoms with Gasteiger partial charge in [0.05, 0.1) is 26.4 Å². The molecule has 646 valence electrons. The quantitative estimate of drug-likeness (QED) is 0.0146. The van der Waals surface area contributed by atoms with E-state index in [1.54, 1.807) is 0 Å². The first kappa shape index (κ1) is 108. The molecule has 0 aliphatic rings. The first-order valence-electron chi connectivity index (χ1n) is 44.4. The van der Waals surface area contributed by atoms with Crippen LogP contribution < -0.4 is 0 Å². The van der Waals surface area contributed by atoms with Crippen molar-refractivity contribution >= 4 is 33.6 Å². The van der Waals surface area contributed by atoms with E-state index in [2.05, 4.69) is 191 Å². The highest BCUT2D eigenvalue weighted by molar-refractivity contribution is 7.47. The average molecular weight is 1620 g/mol. The van der Waals surface area contributed by atoms with Crippen LogP contribution in [0.25, 0.3) is 0 Å². The maximum Gasteiger partial charge on any atom is 0.472 e. The molecule has 5 unspecified atom stereocenters. The monoisotopic (exact) mass is 1620 g/mol. The smallest absolute Gasteiger partial charge is 0.463 e. The molecule has 0 bridgehead atoms. The zero-order chi connectivity index (χ0) is 82.2. The van der Waals surface area contributed by atoms with Crippen molar-refractivity contribution in [3.8, 4) is 0 Å². The van der Waals surface area contributed by atoms with Gasteiger partial charge >= 0.3 is 33.6 Å². The summed E-state index contributed by atoms with van der Waals surface area (Å²) >= 11 is 0. The molecule has 0 spiro atoms. The van der Waals surface area contributed by atoms with Crippen molar-refractivity contribution < 1.29 is 75.8 Å². The van der Waals surface area contributed by atoms with Gasteiger partial charge in [0.2, 0.25) is 0 Å². The first-order valence-corrected chi connectivity index (χ1v) is 47.4. The van der Waals surface area contributed by atoms with E-state index in [1.807, 2.05) is 0 Å². The van der Waals surface area contributed by atoms with Crippen molar-refractivity contribution in [2.75, 3.05) is 39.6 Å². The molecule has 0 saturated carbocycles. The van der Waals surface area contributed by atoms with E-state index in [0.717, 1.165) is 167 Å². The Bertz CT molecular complexity index is 2730. The molecule has 0 saturated heterocycles. The normalized spacial score (nSPS) is 14.6. The van der Waals surface area contributed by atoms with Crippen LogP contribution in [-0.2, 0) is 55.8 Å². The molecule has 5 atom stereocenters. The Morgan fingerprint density at radius 2 is 0.469 bits per heavy atom. The summed E-state index contributed by atoms with van der Waals surface area (Å²) in [5.41, 5.74) is 0. The maximum absolute atomic E-state index is 13.0.